The second kappa shape index (κ2) is 3.16. The molecule has 0 fully saturated rings. The molecule has 0 amide bonds. The highest BCUT2D eigenvalue weighted by Crippen LogP contribution is 2.13. The Morgan fingerprint density at radius 2 is 1.80 bits per heavy atom. The van der Waals surface area contributed by atoms with Crippen LogP contribution in [-0.2, 0) is 0 Å². The fraction of sp³-hybridized carbons (Fsp3) is 0.111. The van der Waals surface area contributed by atoms with Crippen LogP contribution >= 0.6 is 0 Å². The second-order valence-electron chi connectivity index (χ2n) is 3.24. The maximum Gasteiger partial charge on any atom is 0.348 e. The van der Waals surface area contributed by atoms with Crippen molar-refractivity contribution in [3.05, 3.63) is 44.7 Å². The molecule has 2 rings (SSSR count). The van der Waals surface area contributed by atoms with Crippen LogP contribution in [0.5, 0.6) is 0 Å². The van der Waals surface area contributed by atoms with Gasteiger partial charge >= 0.3 is 11.4 Å². The van der Waals surface area contributed by atoms with Gasteiger partial charge in [0, 0.05) is 5.69 Å². The lowest BCUT2D eigenvalue weighted by Crippen LogP contribution is -2.24. The predicted octanol–water partition coefficient (Wildman–Crippen LogP) is -0.255. The summed E-state index contributed by atoms with van der Waals surface area (Å²) in [5.41, 5.74) is 6.58. The average Bonchev–Trinajstić information content (AvgIpc) is 2.52. The van der Waals surface area contributed by atoms with Crippen molar-refractivity contribution in [3.8, 4) is 5.69 Å². The summed E-state index contributed by atoms with van der Waals surface area (Å²) in [7, 11) is 0. The Bertz CT molecular complexity index is 578. The van der Waals surface area contributed by atoms with Gasteiger partial charge in [-0.3, -0.25) is 0 Å². The Morgan fingerprint density at radius 3 is 2.33 bits per heavy atom. The van der Waals surface area contributed by atoms with Gasteiger partial charge in [-0.25, -0.2) is 24.4 Å². The zero-order valence-corrected chi connectivity index (χ0v) is 8.07. The Morgan fingerprint density at radius 1 is 1.20 bits per heavy atom. The van der Waals surface area contributed by atoms with Crippen LogP contribution in [-0.4, -0.2) is 14.8 Å². The number of aromatic nitrogens is 3. The van der Waals surface area contributed by atoms with Crippen molar-refractivity contribution in [1.29, 1.82) is 0 Å². The molecule has 1 aromatic heterocycles. The molecule has 6 heteroatoms. The van der Waals surface area contributed by atoms with Crippen molar-refractivity contribution in [2.45, 2.75) is 6.92 Å². The van der Waals surface area contributed by atoms with Gasteiger partial charge in [0.15, 0.2) is 0 Å². The summed E-state index contributed by atoms with van der Waals surface area (Å²) in [5, 5.41) is 4.42. The lowest BCUT2D eigenvalue weighted by Gasteiger charge is -2.03. The minimum absolute atomic E-state index is 0.495. The number of benzene rings is 1. The number of anilines is 1. The highest BCUT2D eigenvalue weighted by Gasteiger charge is 2.06. The third-order valence-electron chi connectivity index (χ3n) is 2.19. The van der Waals surface area contributed by atoms with E-state index in [1.165, 1.54) is 0 Å². The summed E-state index contributed by atoms with van der Waals surface area (Å²) in [5.74, 6) is 0. The molecule has 1 heterocycles. The van der Waals surface area contributed by atoms with Crippen molar-refractivity contribution in [2.75, 3.05) is 5.73 Å². The van der Waals surface area contributed by atoms with Crippen LogP contribution in [0.25, 0.3) is 5.69 Å². The number of aromatic amines is 2. The Balaban J connectivity index is 2.70. The molecule has 0 aliphatic rings. The Labute approximate surface area is 84.3 Å². The molecule has 0 aliphatic carbocycles. The van der Waals surface area contributed by atoms with E-state index >= 15 is 0 Å². The molecule has 2 aromatic rings. The first-order chi connectivity index (χ1) is 7.09. The summed E-state index contributed by atoms with van der Waals surface area (Å²) in [6.45, 7) is 1.81. The van der Waals surface area contributed by atoms with Gasteiger partial charge in [-0.1, -0.05) is 0 Å². The van der Waals surface area contributed by atoms with Gasteiger partial charge in [-0.05, 0) is 30.7 Å². The van der Waals surface area contributed by atoms with E-state index < -0.39 is 11.4 Å². The molecule has 0 aliphatic heterocycles. The van der Waals surface area contributed by atoms with Crippen molar-refractivity contribution < 1.29 is 0 Å². The zero-order valence-electron chi connectivity index (χ0n) is 8.07. The van der Waals surface area contributed by atoms with Crippen molar-refractivity contribution in [2.24, 2.45) is 0 Å². The highest BCUT2D eigenvalue weighted by atomic mass is 16.2. The number of H-pyrrole nitrogens is 2. The summed E-state index contributed by atoms with van der Waals surface area (Å²) < 4.78 is 1.01. The molecule has 15 heavy (non-hydrogen) atoms. The number of hydrogen-bond acceptors (Lipinski definition) is 3. The molecule has 0 saturated carbocycles. The molecule has 0 radical (unpaired) electrons. The van der Waals surface area contributed by atoms with Crippen LogP contribution in [0.4, 0.5) is 5.69 Å². The number of hydrogen-bond donors (Lipinski definition) is 3. The predicted molar refractivity (Wildman–Crippen MR) is 56.2 cm³/mol. The highest BCUT2D eigenvalue weighted by molar-refractivity contribution is 5.51. The first-order valence-corrected chi connectivity index (χ1v) is 4.36. The molecular formula is C9H10N4O2. The van der Waals surface area contributed by atoms with Crippen LogP contribution < -0.4 is 17.1 Å². The van der Waals surface area contributed by atoms with Gasteiger partial charge in [0.1, 0.15) is 0 Å². The van der Waals surface area contributed by atoms with Crippen molar-refractivity contribution in [3.63, 3.8) is 0 Å². The molecule has 0 atom stereocenters. The van der Waals surface area contributed by atoms with E-state index in [0.717, 1.165) is 10.1 Å². The fourth-order valence-electron chi connectivity index (χ4n) is 1.34. The van der Waals surface area contributed by atoms with Crippen LogP contribution in [0.2, 0.25) is 0 Å². The molecule has 78 valence electrons. The van der Waals surface area contributed by atoms with Gasteiger partial charge in [0.2, 0.25) is 0 Å². The summed E-state index contributed by atoms with van der Waals surface area (Å²) in [6, 6.07) is 4.95. The number of rotatable bonds is 1. The number of nitrogens with zero attached hydrogens (tertiary/aromatic N) is 1. The first-order valence-electron chi connectivity index (χ1n) is 4.36. The molecule has 0 bridgehead atoms. The van der Waals surface area contributed by atoms with Gasteiger partial charge in [-0.2, -0.15) is 0 Å². The van der Waals surface area contributed by atoms with Crippen LogP contribution in [0.1, 0.15) is 5.56 Å². The van der Waals surface area contributed by atoms with E-state index in [1.54, 1.807) is 18.2 Å². The number of aryl methyl sites for hydroxylation is 1. The van der Waals surface area contributed by atoms with E-state index in [9.17, 15) is 9.59 Å². The van der Waals surface area contributed by atoms with Gasteiger partial charge in [-0.15, -0.1) is 0 Å². The maximum atomic E-state index is 11.3. The van der Waals surface area contributed by atoms with Crippen LogP contribution in [0, 0.1) is 6.92 Å². The normalized spacial score (nSPS) is 10.5. The van der Waals surface area contributed by atoms with Crippen LogP contribution in [0.3, 0.4) is 0 Å². The standard InChI is InChI=1S/C9H10N4O2/c1-5-4-6(2-3-7(5)10)13-8(14)11-12-9(13)15/h2-4H,10H2,1H3,(H,11,14)(H,12,15). The second-order valence-corrected chi connectivity index (χ2v) is 3.24. The van der Waals surface area contributed by atoms with E-state index in [-0.39, 0.29) is 0 Å². The summed E-state index contributed by atoms with van der Waals surface area (Å²) >= 11 is 0. The van der Waals surface area contributed by atoms with Crippen molar-refractivity contribution >= 4 is 5.69 Å². The third-order valence-corrected chi connectivity index (χ3v) is 2.19. The first kappa shape index (κ1) is 9.32. The molecule has 0 spiro atoms. The quantitative estimate of drug-likeness (QED) is 0.561. The molecule has 6 nitrogen and oxygen atoms in total. The lowest BCUT2D eigenvalue weighted by molar-refractivity contribution is 0.950. The maximum absolute atomic E-state index is 11.3. The molecule has 1 aromatic carbocycles. The molecular weight excluding hydrogens is 196 g/mol. The van der Waals surface area contributed by atoms with Crippen LogP contribution in [0.15, 0.2) is 27.8 Å². The van der Waals surface area contributed by atoms with Gasteiger partial charge in [0.25, 0.3) is 0 Å². The fourth-order valence-corrected chi connectivity index (χ4v) is 1.34. The number of nitrogens with two attached hydrogens (primary N) is 1. The van der Waals surface area contributed by atoms with Gasteiger partial charge < -0.3 is 5.73 Å². The third kappa shape index (κ3) is 1.45. The SMILES string of the molecule is Cc1cc(-n2c(=O)[nH][nH]c2=O)ccc1N. The monoisotopic (exact) mass is 206 g/mol. The van der Waals surface area contributed by atoms with E-state index in [1.807, 2.05) is 6.92 Å². The smallest absolute Gasteiger partial charge is 0.348 e. The zero-order chi connectivity index (χ0) is 11.0. The molecule has 4 N–H and O–H groups in total. The summed E-state index contributed by atoms with van der Waals surface area (Å²) in [6.07, 6.45) is 0. The molecule has 0 unspecified atom stereocenters. The van der Waals surface area contributed by atoms with E-state index in [0.29, 0.717) is 11.4 Å². The summed E-state index contributed by atoms with van der Waals surface area (Å²) in [4.78, 5) is 22.6. The topological polar surface area (TPSA) is 96.7 Å². The molecule has 0 saturated heterocycles. The Hall–Kier alpha value is -2.24. The van der Waals surface area contributed by atoms with Crippen molar-refractivity contribution in [1.82, 2.24) is 14.8 Å². The minimum Gasteiger partial charge on any atom is -0.399 e. The number of nitrogens with one attached hydrogen (secondary N) is 2. The van der Waals surface area contributed by atoms with E-state index in [4.69, 9.17) is 5.73 Å². The average molecular weight is 206 g/mol. The minimum atomic E-state index is -0.496. The number of nitrogen functional groups attached to an aromatic ring is 1. The Kier molecular flexibility index (Phi) is 1.96. The lowest BCUT2D eigenvalue weighted by atomic mass is 10.2. The van der Waals surface area contributed by atoms with Gasteiger partial charge in [0.05, 0.1) is 5.69 Å². The van der Waals surface area contributed by atoms with E-state index in [2.05, 4.69) is 10.2 Å². The largest absolute Gasteiger partial charge is 0.399 e.